The molecule has 1 N–H and O–H groups in total. The van der Waals surface area contributed by atoms with Crippen LogP contribution in [-0.4, -0.2) is 31.8 Å². The third-order valence-corrected chi connectivity index (χ3v) is 3.42. The van der Waals surface area contributed by atoms with Gasteiger partial charge in [-0.2, -0.15) is 5.10 Å². The number of aromatic nitrogens is 4. The van der Waals surface area contributed by atoms with Gasteiger partial charge >= 0.3 is 0 Å². The van der Waals surface area contributed by atoms with Crippen LogP contribution in [0, 0.1) is 13.8 Å². The monoisotopic (exact) mass is 275 g/mol. The molecule has 108 valence electrons. The number of carbonyl (C=O) groups excluding carboxylic acids is 1. The second kappa shape index (κ2) is 6.36. The van der Waals surface area contributed by atoms with Crippen LogP contribution in [0.15, 0.2) is 18.7 Å². The summed E-state index contributed by atoms with van der Waals surface area (Å²) in [6.45, 7) is 5.39. The van der Waals surface area contributed by atoms with Crippen LogP contribution < -0.4 is 5.32 Å². The third-order valence-electron chi connectivity index (χ3n) is 3.42. The summed E-state index contributed by atoms with van der Waals surface area (Å²) >= 11 is 0. The van der Waals surface area contributed by atoms with Gasteiger partial charge in [0.25, 0.3) is 5.91 Å². The van der Waals surface area contributed by atoms with Crippen LogP contribution in [0.5, 0.6) is 0 Å². The number of unbranched alkanes of at least 4 members (excludes halogenated alkanes) is 1. The molecule has 2 aromatic heterocycles. The minimum Gasteiger partial charge on any atom is -0.352 e. The van der Waals surface area contributed by atoms with E-state index in [4.69, 9.17) is 0 Å². The van der Waals surface area contributed by atoms with Gasteiger partial charge in [-0.1, -0.05) is 0 Å². The summed E-state index contributed by atoms with van der Waals surface area (Å²) in [5.41, 5.74) is 2.38. The van der Waals surface area contributed by atoms with Crippen molar-refractivity contribution in [2.45, 2.75) is 33.2 Å². The third kappa shape index (κ3) is 3.26. The van der Waals surface area contributed by atoms with Crippen molar-refractivity contribution >= 4 is 5.91 Å². The van der Waals surface area contributed by atoms with E-state index in [0.717, 1.165) is 30.8 Å². The van der Waals surface area contributed by atoms with Gasteiger partial charge in [-0.3, -0.25) is 9.48 Å². The Bertz CT molecular complexity index is 571. The highest BCUT2D eigenvalue weighted by atomic mass is 16.1. The summed E-state index contributed by atoms with van der Waals surface area (Å²) in [4.78, 5) is 16.1. The molecule has 0 aliphatic carbocycles. The average Bonchev–Trinajstić information content (AvgIpc) is 2.99. The Morgan fingerprint density at radius 1 is 1.35 bits per heavy atom. The fraction of sp³-hybridized carbons (Fsp3) is 0.500. The Labute approximate surface area is 118 Å². The zero-order valence-corrected chi connectivity index (χ0v) is 12.3. The Morgan fingerprint density at radius 2 is 2.15 bits per heavy atom. The molecule has 2 aromatic rings. The van der Waals surface area contributed by atoms with Gasteiger partial charge in [0.05, 0.1) is 17.6 Å². The van der Waals surface area contributed by atoms with E-state index in [2.05, 4.69) is 15.4 Å². The maximum atomic E-state index is 12.1. The first-order valence-electron chi connectivity index (χ1n) is 6.83. The lowest BCUT2D eigenvalue weighted by molar-refractivity contribution is 0.0951. The number of nitrogens with zero attached hydrogens (tertiary/aromatic N) is 4. The maximum absolute atomic E-state index is 12.1. The first kappa shape index (κ1) is 14.3. The molecule has 0 radical (unpaired) electrons. The van der Waals surface area contributed by atoms with Gasteiger partial charge in [0, 0.05) is 38.2 Å². The van der Waals surface area contributed by atoms with E-state index in [0.29, 0.717) is 12.1 Å². The van der Waals surface area contributed by atoms with Crippen LogP contribution >= 0.6 is 0 Å². The van der Waals surface area contributed by atoms with Crippen molar-refractivity contribution in [2.24, 2.45) is 7.05 Å². The predicted molar refractivity (Wildman–Crippen MR) is 76.5 cm³/mol. The van der Waals surface area contributed by atoms with Crippen molar-refractivity contribution < 1.29 is 4.79 Å². The van der Waals surface area contributed by atoms with Gasteiger partial charge in [-0.25, -0.2) is 4.98 Å². The van der Waals surface area contributed by atoms with Crippen molar-refractivity contribution in [2.75, 3.05) is 6.54 Å². The highest BCUT2D eigenvalue weighted by molar-refractivity contribution is 5.96. The predicted octanol–water partition coefficient (Wildman–Crippen LogP) is 1.44. The second-order valence-electron chi connectivity index (χ2n) is 4.93. The summed E-state index contributed by atoms with van der Waals surface area (Å²) in [7, 11) is 1.85. The van der Waals surface area contributed by atoms with Crippen LogP contribution in [0.1, 0.15) is 34.6 Å². The maximum Gasteiger partial charge on any atom is 0.255 e. The molecule has 0 fully saturated rings. The first-order chi connectivity index (χ1) is 9.59. The second-order valence-corrected chi connectivity index (χ2v) is 4.93. The Morgan fingerprint density at radius 3 is 2.75 bits per heavy atom. The van der Waals surface area contributed by atoms with Crippen molar-refractivity contribution in [1.82, 2.24) is 24.6 Å². The van der Waals surface area contributed by atoms with Gasteiger partial charge in [0.2, 0.25) is 0 Å². The van der Waals surface area contributed by atoms with E-state index in [-0.39, 0.29) is 5.91 Å². The van der Waals surface area contributed by atoms with Gasteiger partial charge in [0.15, 0.2) is 0 Å². The van der Waals surface area contributed by atoms with Crippen molar-refractivity contribution in [3.05, 3.63) is 35.7 Å². The molecule has 6 heteroatoms. The van der Waals surface area contributed by atoms with E-state index in [1.54, 1.807) is 17.2 Å². The zero-order chi connectivity index (χ0) is 14.5. The molecule has 0 saturated carbocycles. The highest BCUT2D eigenvalue weighted by Crippen LogP contribution is 2.11. The number of rotatable bonds is 6. The Balaban J connectivity index is 1.75. The molecule has 0 bridgehead atoms. The van der Waals surface area contributed by atoms with E-state index in [1.807, 2.05) is 31.7 Å². The van der Waals surface area contributed by atoms with Crippen LogP contribution in [0.4, 0.5) is 0 Å². The molecular formula is C14H21N5O. The summed E-state index contributed by atoms with van der Waals surface area (Å²) < 4.78 is 3.78. The molecule has 0 aliphatic rings. The molecule has 0 spiro atoms. The van der Waals surface area contributed by atoms with Crippen LogP contribution in [0.3, 0.4) is 0 Å². The molecule has 0 aliphatic heterocycles. The molecule has 1 amide bonds. The van der Waals surface area contributed by atoms with E-state index in [1.165, 1.54) is 0 Å². The highest BCUT2D eigenvalue weighted by Gasteiger charge is 2.16. The van der Waals surface area contributed by atoms with Crippen LogP contribution in [0.2, 0.25) is 0 Å². The van der Waals surface area contributed by atoms with Crippen LogP contribution in [0.25, 0.3) is 0 Å². The fourth-order valence-electron chi connectivity index (χ4n) is 2.23. The number of amides is 1. The number of imidazole rings is 1. The average molecular weight is 275 g/mol. The van der Waals surface area contributed by atoms with Crippen LogP contribution in [-0.2, 0) is 13.6 Å². The van der Waals surface area contributed by atoms with E-state index < -0.39 is 0 Å². The number of hydrogen-bond acceptors (Lipinski definition) is 3. The van der Waals surface area contributed by atoms with Crippen molar-refractivity contribution in [3.63, 3.8) is 0 Å². The van der Waals surface area contributed by atoms with E-state index >= 15 is 0 Å². The normalized spacial score (nSPS) is 10.8. The molecule has 20 heavy (non-hydrogen) atoms. The summed E-state index contributed by atoms with van der Waals surface area (Å²) in [6.07, 6.45) is 7.49. The van der Waals surface area contributed by atoms with Gasteiger partial charge < -0.3 is 9.88 Å². The summed E-state index contributed by atoms with van der Waals surface area (Å²) in [5, 5.41) is 7.21. The largest absolute Gasteiger partial charge is 0.352 e. The zero-order valence-electron chi connectivity index (χ0n) is 12.3. The van der Waals surface area contributed by atoms with E-state index in [9.17, 15) is 4.79 Å². The number of hydrogen-bond donors (Lipinski definition) is 1. The van der Waals surface area contributed by atoms with Crippen molar-refractivity contribution in [1.29, 1.82) is 0 Å². The fourth-order valence-corrected chi connectivity index (χ4v) is 2.23. The number of carbonyl (C=O) groups is 1. The molecule has 2 rings (SSSR count). The lowest BCUT2D eigenvalue weighted by atomic mass is 10.2. The molecule has 0 atom stereocenters. The first-order valence-corrected chi connectivity index (χ1v) is 6.83. The lowest BCUT2D eigenvalue weighted by Crippen LogP contribution is -2.25. The summed E-state index contributed by atoms with van der Waals surface area (Å²) in [5.74, 6) is -0.0317. The Kier molecular flexibility index (Phi) is 4.55. The molecule has 0 unspecified atom stereocenters. The summed E-state index contributed by atoms with van der Waals surface area (Å²) in [6, 6.07) is 0. The smallest absolute Gasteiger partial charge is 0.255 e. The minimum absolute atomic E-state index is 0.0317. The number of aryl methyl sites for hydroxylation is 3. The van der Waals surface area contributed by atoms with Crippen molar-refractivity contribution in [3.8, 4) is 0 Å². The van der Waals surface area contributed by atoms with Gasteiger partial charge in [-0.15, -0.1) is 0 Å². The SMILES string of the molecule is Cc1nn(C)c(C)c1C(=O)NCCCCn1ccnc1. The quantitative estimate of drug-likeness (QED) is 0.811. The standard InChI is InChI=1S/C14H21N5O/c1-11-13(12(2)18(3)17-11)14(20)16-6-4-5-8-19-9-7-15-10-19/h7,9-10H,4-6,8H2,1-3H3,(H,16,20). The van der Waals surface area contributed by atoms with Gasteiger partial charge in [-0.05, 0) is 26.7 Å². The minimum atomic E-state index is -0.0317. The molecule has 0 aromatic carbocycles. The molecule has 0 saturated heterocycles. The lowest BCUT2D eigenvalue weighted by Gasteiger charge is -2.06. The molecule has 6 nitrogen and oxygen atoms in total. The molecular weight excluding hydrogens is 254 g/mol. The van der Waals surface area contributed by atoms with Gasteiger partial charge in [0.1, 0.15) is 0 Å². The topological polar surface area (TPSA) is 64.7 Å². The Hall–Kier alpha value is -2.11. The molecule has 2 heterocycles. The number of nitrogens with one attached hydrogen (secondary N) is 1.